The third-order valence-corrected chi connectivity index (χ3v) is 2.46. The van der Waals surface area contributed by atoms with Crippen LogP contribution in [0.15, 0.2) is 18.2 Å². The number of benzene rings is 1. The summed E-state index contributed by atoms with van der Waals surface area (Å²) in [6.45, 7) is 4.27. The fourth-order valence-corrected chi connectivity index (χ4v) is 1.59. The van der Waals surface area contributed by atoms with E-state index in [0.29, 0.717) is 0 Å². The van der Waals surface area contributed by atoms with Gasteiger partial charge in [0.15, 0.2) is 7.85 Å². The molecule has 0 amide bonds. The Labute approximate surface area is 73.2 Å². The van der Waals surface area contributed by atoms with Crippen molar-refractivity contribution in [2.24, 2.45) is 0 Å². The molecule has 0 saturated heterocycles. The average Bonchev–Trinajstić information content (AvgIpc) is 2.28. The molecule has 1 nitrogen and oxygen atoms in total. The number of H-pyrrole nitrogens is 1. The van der Waals surface area contributed by atoms with Crippen LogP contribution in [-0.4, -0.2) is 12.8 Å². The Morgan fingerprint density at radius 2 is 2.00 bits per heavy atom. The third kappa shape index (κ3) is 0.952. The van der Waals surface area contributed by atoms with Crippen molar-refractivity contribution in [2.45, 2.75) is 13.8 Å². The third-order valence-electron chi connectivity index (χ3n) is 2.46. The van der Waals surface area contributed by atoms with E-state index in [-0.39, 0.29) is 0 Å². The molecule has 2 heteroatoms. The van der Waals surface area contributed by atoms with Gasteiger partial charge in [-0.3, -0.25) is 0 Å². The normalized spacial score (nSPS) is 10.8. The largest absolute Gasteiger partial charge is 0.367 e. The van der Waals surface area contributed by atoms with Crippen LogP contribution in [0.25, 0.3) is 10.9 Å². The molecule has 0 fully saturated rings. The maximum atomic E-state index is 3.37. The highest BCUT2D eigenvalue weighted by Crippen LogP contribution is 2.16. The quantitative estimate of drug-likeness (QED) is 0.550. The van der Waals surface area contributed by atoms with E-state index in [1.807, 2.05) is 0 Å². The molecule has 0 saturated carbocycles. The molecule has 0 aliphatic carbocycles. The van der Waals surface area contributed by atoms with Gasteiger partial charge in [0.25, 0.3) is 0 Å². The van der Waals surface area contributed by atoms with E-state index in [4.69, 9.17) is 0 Å². The van der Waals surface area contributed by atoms with E-state index in [1.54, 1.807) is 0 Å². The second-order valence-electron chi connectivity index (χ2n) is 3.42. The Morgan fingerprint density at radius 3 is 2.75 bits per heavy atom. The molecule has 0 aliphatic heterocycles. The number of hydrogen-bond donors (Lipinski definition) is 1. The van der Waals surface area contributed by atoms with Crippen LogP contribution < -0.4 is 5.59 Å². The van der Waals surface area contributed by atoms with Crippen LogP contribution in [0.1, 0.15) is 11.1 Å². The molecule has 1 heterocycles. The zero-order chi connectivity index (χ0) is 8.72. The Bertz CT molecular complexity index is 429. The molecular formula is C10H12BN. The van der Waals surface area contributed by atoms with Gasteiger partial charge in [0, 0.05) is 10.9 Å². The molecule has 0 aliphatic rings. The van der Waals surface area contributed by atoms with E-state index in [0.717, 1.165) is 0 Å². The molecule has 60 valence electrons. The van der Waals surface area contributed by atoms with Gasteiger partial charge >= 0.3 is 0 Å². The van der Waals surface area contributed by atoms with Gasteiger partial charge in [-0.05, 0) is 36.6 Å². The van der Waals surface area contributed by atoms with Crippen molar-refractivity contribution in [1.29, 1.82) is 0 Å². The molecule has 0 atom stereocenters. The maximum absolute atomic E-state index is 3.37. The van der Waals surface area contributed by atoms with Crippen molar-refractivity contribution >= 4 is 24.3 Å². The van der Waals surface area contributed by atoms with Crippen molar-refractivity contribution in [3.63, 3.8) is 0 Å². The van der Waals surface area contributed by atoms with E-state index < -0.39 is 0 Å². The fraction of sp³-hybridized carbons (Fsp3) is 0.200. The van der Waals surface area contributed by atoms with Gasteiger partial charge < -0.3 is 4.98 Å². The topological polar surface area (TPSA) is 15.8 Å². The Morgan fingerprint density at radius 1 is 1.25 bits per heavy atom. The minimum Gasteiger partial charge on any atom is -0.367 e. The van der Waals surface area contributed by atoms with E-state index in [1.165, 1.54) is 27.6 Å². The summed E-state index contributed by atoms with van der Waals surface area (Å²) in [6, 6.07) is 6.53. The summed E-state index contributed by atoms with van der Waals surface area (Å²) in [5.74, 6) is 0. The lowest BCUT2D eigenvalue weighted by molar-refractivity contribution is 1.47. The molecule has 1 aromatic carbocycles. The second-order valence-corrected chi connectivity index (χ2v) is 3.42. The van der Waals surface area contributed by atoms with E-state index >= 15 is 0 Å². The van der Waals surface area contributed by atoms with Crippen LogP contribution in [0.5, 0.6) is 0 Å². The highest BCUT2D eigenvalue weighted by Gasteiger charge is 2.02. The summed E-state index contributed by atoms with van der Waals surface area (Å²) >= 11 is 0. The molecule has 0 radical (unpaired) electrons. The van der Waals surface area contributed by atoms with Gasteiger partial charge in [0.2, 0.25) is 0 Å². The Kier molecular flexibility index (Phi) is 1.50. The molecule has 0 bridgehead atoms. The Balaban J connectivity index is 2.87. The van der Waals surface area contributed by atoms with Crippen LogP contribution in [0, 0.1) is 13.8 Å². The van der Waals surface area contributed by atoms with Crippen LogP contribution in [0.2, 0.25) is 0 Å². The van der Waals surface area contributed by atoms with Crippen LogP contribution in [-0.2, 0) is 0 Å². The minimum absolute atomic E-state index is 1.25. The zero-order valence-corrected chi connectivity index (χ0v) is 7.73. The molecule has 2 aromatic rings. The highest BCUT2D eigenvalue weighted by molar-refractivity contribution is 6.33. The zero-order valence-electron chi connectivity index (χ0n) is 7.73. The van der Waals surface area contributed by atoms with Gasteiger partial charge in [-0.1, -0.05) is 12.1 Å². The van der Waals surface area contributed by atoms with Gasteiger partial charge in [0.1, 0.15) is 0 Å². The molecule has 0 spiro atoms. The lowest BCUT2D eigenvalue weighted by atomic mass is 9.99. The standard InChI is InChI=1S/C10H12BN/c1-6-3-4-8-7(2)10(11)12-9(8)5-6/h3-5,12H,11H2,1-2H3. The van der Waals surface area contributed by atoms with Crippen molar-refractivity contribution in [3.05, 3.63) is 29.3 Å². The molecular weight excluding hydrogens is 145 g/mol. The van der Waals surface area contributed by atoms with Crippen molar-refractivity contribution in [1.82, 2.24) is 4.98 Å². The molecule has 12 heavy (non-hydrogen) atoms. The molecule has 0 unspecified atom stereocenters. The molecule has 2 rings (SSSR count). The second kappa shape index (κ2) is 2.41. The van der Waals surface area contributed by atoms with Crippen molar-refractivity contribution in [2.75, 3.05) is 0 Å². The summed E-state index contributed by atoms with van der Waals surface area (Å²) in [5, 5.41) is 1.35. The van der Waals surface area contributed by atoms with Gasteiger partial charge in [-0.15, -0.1) is 0 Å². The summed E-state index contributed by atoms with van der Waals surface area (Å²) < 4.78 is 0. The highest BCUT2D eigenvalue weighted by atomic mass is 14.7. The summed E-state index contributed by atoms with van der Waals surface area (Å²) in [4.78, 5) is 3.37. The van der Waals surface area contributed by atoms with E-state index in [2.05, 4.69) is 44.9 Å². The number of hydrogen-bond acceptors (Lipinski definition) is 0. The predicted octanol–water partition coefficient (Wildman–Crippen LogP) is 1.04. The van der Waals surface area contributed by atoms with Crippen LogP contribution >= 0.6 is 0 Å². The number of aromatic amines is 1. The number of aryl methyl sites for hydroxylation is 2. The smallest absolute Gasteiger partial charge is 0.161 e. The first kappa shape index (κ1) is 7.47. The molecule has 1 aromatic heterocycles. The average molecular weight is 157 g/mol. The predicted molar refractivity (Wildman–Crippen MR) is 56.0 cm³/mol. The summed E-state index contributed by atoms with van der Waals surface area (Å²) in [5.41, 5.74) is 5.20. The SMILES string of the molecule is Bc1[nH]c2cc(C)ccc2c1C. The first-order valence-corrected chi connectivity index (χ1v) is 4.24. The van der Waals surface area contributed by atoms with Gasteiger partial charge in [0.05, 0.1) is 0 Å². The van der Waals surface area contributed by atoms with Crippen molar-refractivity contribution < 1.29 is 0 Å². The number of nitrogens with one attached hydrogen (secondary N) is 1. The maximum Gasteiger partial charge on any atom is 0.161 e. The lowest BCUT2D eigenvalue weighted by Crippen LogP contribution is -2.04. The van der Waals surface area contributed by atoms with Gasteiger partial charge in [-0.2, -0.15) is 0 Å². The number of fused-ring (bicyclic) bond motifs is 1. The monoisotopic (exact) mass is 157 g/mol. The summed E-state index contributed by atoms with van der Waals surface area (Å²) in [7, 11) is 2.12. The van der Waals surface area contributed by atoms with Gasteiger partial charge in [-0.25, -0.2) is 0 Å². The first-order valence-electron chi connectivity index (χ1n) is 4.24. The first-order chi connectivity index (χ1) is 5.68. The number of aromatic nitrogens is 1. The minimum atomic E-state index is 1.25. The Hall–Kier alpha value is -1.18. The van der Waals surface area contributed by atoms with E-state index in [9.17, 15) is 0 Å². The summed E-state index contributed by atoms with van der Waals surface area (Å²) in [6.07, 6.45) is 0. The van der Waals surface area contributed by atoms with Crippen LogP contribution in [0.3, 0.4) is 0 Å². The van der Waals surface area contributed by atoms with Crippen molar-refractivity contribution in [3.8, 4) is 0 Å². The van der Waals surface area contributed by atoms with Crippen LogP contribution in [0.4, 0.5) is 0 Å². The molecule has 1 N–H and O–H groups in total. The number of rotatable bonds is 0. The lowest BCUT2D eigenvalue weighted by Gasteiger charge is -1.92. The fourth-order valence-electron chi connectivity index (χ4n) is 1.59.